The van der Waals surface area contributed by atoms with Gasteiger partial charge in [0.15, 0.2) is 0 Å². The summed E-state index contributed by atoms with van der Waals surface area (Å²) in [4.78, 5) is 12.3. The zero-order valence-electron chi connectivity index (χ0n) is 15.0. The van der Waals surface area contributed by atoms with E-state index in [1.54, 1.807) is 24.3 Å². The SMILES string of the molecule is Cc1cc(C)cc(NS(=O)(=O)c2nnc(NC(=O)c3ccccc3C)s2)c1. The highest BCUT2D eigenvalue weighted by Gasteiger charge is 2.22. The maximum absolute atomic E-state index is 12.5. The summed E-state index contributed by atoms with van der Waals surface area (Å²) in [5.41, 5.74) is 3.63. The molecule has 1 aromatic heterocycles. The summed E-state index contributed by atoms with van der Waals surface area (Å²) in [5.74, 6) is -0.365. The Bertz CT molecular complexity index is 1090. The summed E-state index contributed by atoms with van der Waals surface area (Å²) in [5, 5.41) is 10.2. The summed E-state index contributed by atoms with van der Waals surface area (Å²) in [7, 11) is -3.89. The standard InChI is InChI=1S/C18H18N4O3S2/c1-11-8-12(2)10-14(9-11)22-27(24,25)18-21-20-17(26-18)19-16(23)15-7-5-4-6-13(15)3/h4-10,22H,1-3H3,(H,19,20,23). The Hall–Kier alpha value is -2.78. The van der Waals surface area contributed by atoms with Crippen LogP contribution in [0.4, 0.5) is 10.8 Å². The number of hydrogen-bond acceptors (Lipinski definition) is 6. The first-order valence-electron chi connectivity index (χ1n) is 8.06. The van der Waals surface area contributed by atoms with Crippen LogP contribution < -0.4 is 10.0 Å². The van der Waals surface area contributed by atoms with Gasteiger partial charge < -0.3 is 0 Å². The minimum absolute atomic E-state index is 0.115. The van der Waals surface area contributed by atoms with E-state index in [9.17, 15) is 13.2 Å². The summed E-state index contributed by atoms with van der Waals surface area (Å²) in [6, 6.07) is 12.5. The predicted octanol–water partition coefficient (Wildman–Crippen LogP) is 3.52. The van der Waals surface area contributed by atoms with E-state index in [1.807, 2.05) is 39.0 Å². The van der Waals surface area contributed by atoms with Gasteiger partial charge in [-0.3, -0.25) is 14.8 Å². The molecule has 3 aromatic rings. The van der Waals surface area contributed by atoms with E-state index < -0.39 is 10.0 Å². The third-order valence-corrected chi connectivity index (χ3v) is 6.31. The molecule has 0 radical (unpaired) electrons. The molecule has 0 aliphatic rings. The maximum Gasteiger partial charge on any atom is 0.291 e. The minimum Gasteiger partial charge on any atom is -0.296 e. The number of sulfonamides is 1. The maximum atomic E-state index is 12.5. The molecule has 1 heterocycles. The number of rotatable bonds is 5. The Morgan fingerprint density at radius 1 is 1.00 bits per heavy atom. The van der Waals surface area contributed by atoms with Crippen molar-refractivity contribution >= 4 is 38.1 Å². The zero-order valence-corrected chi connectivity index (χ0v) is 16.6. The van der Waals surface area contributed by atoms with Crippen LogP contribution in [0.15, 0.2) is 46.8 Å². The van der Waals surface area contributed by atoms with Crippen molar-refractivity contribution in [3.05, 3.63) is 64.7 Å². The number of amides is 1. The van der Waals surface area contributed by atoms with Crippen LogP contribution in [0.5, 0.6) is 0 Å². The molecule has 27 heavy (non-hydrogen) atoms. The number of nitrogens with zero attached hydrogens (tertiary/aromatic N) is 2. The first kappa shape index (κ1) is 19.0. The largest absolute Gasteiger partial charge is 0.296 e. The van der Waals surface area contributed by atoms with Crippen molar-refractivity contribution < 1.29 is 13.2 Å². The van der Waals surface area contributed by atoms with E-state index in [0.29, 0.717) is 11.3 Å². The molecule has 3 rings (SSSR count). The monoisotopic (exact) mass is 402 g/mol. The summed E-state index contributed by atoms with van der Waals surface area (Å²) >= 11 is 0.792. The van der Waals surface area contributed by atoms with Crippen molar-refractivity contribution in [2.45, 2.75) is 25.1 Å². The molecular weight excluding hydrogens is 384 g/mol. The molecule has 0 spiro atoms. The lowest BCUT2D eigenvalue weighted by Gasteiger charge is -2.07. The first-order chi connectivity index (χ1) is 12.7. The van der Waals surface area contributed by atoms with E-state index in [4.69, 9.17) is 0 Å². The van der Waals surface area contributed by atoms with Gasteiger partial charge in [-0.25, -0.2) is 0 Å². The number of aryl methyl sites for hydroxylation is 3. The van der Waals surface area contributed by atoms with Gasteiger partial charge in [0.25, 0.3) is 20.3 Å². The van der Waals surface area contributed by atoms with Crippen LogP contribution in [-0.2, 0) is 10.0 Å². The molecule has 0 saturated heterocycles. The molecule has 1 amide bonds. The van der Waals surface area contributed by atoms with E-state index in [1.165, 1.54) is 0 Å². The third-order valence-electron chi connectivity index (χ3n) is 3.72. The van der Waals surface area contributed by atoms with Gasteiger partial charge in [0.05, 0.1) is 0 Å². The summed E-state index contributed by atoms with van der Waals surface area (Å²) < 4.78 is 27.3. The lowest BCUT2D eigenvalue weighted by atomic mass is 10.1. The normalized spacial score (nSPS) is 11.2. The molecule has 0 fully saturated rings. The Labute approximate surface area is 161 Å². The van der Waals surface area contributed by atoms with Crippen molar-refractivity contribution in [2.24, 2.45) is 0 Å². The fraction of sp³-hybridized carbons (Fsp3) is 0.167. The quantitative estimate of drug-likeness (QED) is 0.636. The van der Waals surface area contributed by atoms with E-state index in [0.717, 1.165) is 28.0 Å². The molecule has 0 aliphatic carbocycles. The Morgan fingerprint density at radius 3 is 2.33 bits per heavy atom. The van der Waals surface area contributed by atoms with Crippen LogP contribution in [0.25, 0.3) is 0 Å². The Morgan fingerprint density at radius 2 is 1.67 bits per heavy atom. The minimum atomic E-state index is -3.89. The van der Waals surface area contributed by atoms with Gasteiger partial charge in [0.2, 0.25) is 5.13 Å². The van der Waals surface area contributed by atoms with Crippen molar-refractivity contribution in [2.75, 3.05) is 10.0 Å². The second-order valence-corrected chi connectivity index (χ2v) is 8.96. The number of nitrogens with one attached hydrogen (secondary N) is 2. The molecule has 2 aromatic carbocycles. The van der Waals surface area contributed by atoms with Gasteiger partial charge in [-0.05, 0) is 55.7 Å². The molecule has 7 nitrogen and oxygen atoms in total. The lowest BCUT2D eigenvalue weighted by Crippen LogP contribution is -2.13. The number of anilines is 2. The van der Waals surface area contributed by atoms with E-state index >= 15 is 0 Å². The van der Waals surface area contributed by atoms with Gasteiger partial charge in [0, 0.05) is 11.3 Å². The third kappa shape index (κ3) is 4.50. The molecule has 9 heteroatoms. The zero-order chi connectivity index (χ0) is 19.6. The average molecular weight is 403 g/mol. The first-order valence-corrected chi connectivity index (χ1v) is 10.4. The molecule has 0 bridgehead atoms. The smallest absolute Gasteiger partial charge is 0.291 e. The number of hydrogen-bond donors (Lipinski definition) is 2. The van der Waals surface area contributed by atoms with Gasteiger partial charge in [0.1, 0.15) is 0 Å². The van der Waals surface area contributed by atoms with Gasteiger partial charge >= 0.3 is 0 Å². The van der Waals surface area contributed by atoms with Crippen LogP contribution in [0.1, 0.15) is 27.0 Å². The van der Waals surface area contributed by atoms with Crippen molar-refractivity contribution in [3.8, 4) is 0 Å². The fourth-order valence-corrected chi connectivity index (χ4v) is 4.53. The van der Waals surface area contributed by atoms with Crippen LogP contribution in [0.2, 0.25) is 0 Å². The van der Waals surface area contributed by atoms with Crippen molar-refractivity contribution in [3.63, 3.8) is 0 Å². The lowest BCUT2D eigenvalue weighted by molar-refractivity contribution is 0.102. The molecule has 0 unspecified atom stereocenters. The highest BCUT2D eigenvalue weighted by Crippen LogP contribution is 2.24. The van der Waals surface area contributed by atoms with Crippen LogP contribution in [0.3, 0.4) is 0 Å². The topological polar surface area (TPSA) is 101 Å². The number of carbonyl (C=O) groups is 1. The Balaban J connectivity index is 1.78. The number of aromatic nitrogens is 2. The summed E-state index contributed by atoms with van der Waals surface area (Å²) in [6.45, 7) is 5.59. The molecule has 0 aliphatic heterocycles. The second kappa shape index (κ2) is 7.45. The van der Waals surface area contributed by atoms with Gasteiger partial charge in [-0.1, -0.05) is 35.6 Å². The van der Waals surface area contributed by atoms with Crippen LogP contribution >= 0.6 is 11.3 Å². The van der Waals surface area contributed by atoms with Crippen LogP contribution in [-0.4, -0.2) is 24.5 Å². The number of carbonyl (C=O) groups excluding carboxylic acids is 1. The number of benzene rings is 2. The Kier molecular flexibility index (Phi) is 5.24. The van der Waals surface area contributed by atoms with Crippen molar-refractivity contribution in [1.29, 1.82) is 0 Å². The highest BCUT2D eigenvalue weighted by atomic mass is 32.2. The molecule has 140 valence electrons. The molecular formula is C18H18N4O3S2. The van der Waals surface area contributed by atoms with E-state index in [2.05, 4.69) is 20.2 Å². The molecule has 0 saturated carbocycles. The molecule has 0 atom stereocenters. The summed E-state index contributed by atoms with van der Waals surface area (Å²) in [6.07, 6.45) is 0. The predicted molar refractivity (Wildman–Crippen MR) is 106 cm³/mol. The van der Waals surface area contributed by atoms with Gasteiger partial charge in [-0.15, -0.1) is 10.2 Å². The second-order valence-electron chi connectivity index (χ2n) is 6.12. The van der Waals surface area contributed by atoms with Crippen LogP contribution in [0, 0.1) is 20.8 Å². The van der Waals surface area contributed by atoms with E-state index in [-0.39, 0.29) is 15.4 Å². The highest BCUT2D eigenvalue weighted by molar-refractivity contribution is 7.94. The average Bonchev–Trinajstić information content (AvgIpc) is 3.03. The van der Waals surface area contributed by atoms with Gasteiger partial charge in [-0.2, -0.15) is 8.42 Å². The molecule has 2 N–H and O–H groups in total. The fourth-order valence-electron chi connectivity index (χ4n) is 2.59. The van der Waals surface area contributed by atoms with Crippen molar-refractivity contribution in [1.82, 2.24) is 10.2 Å².